The maximum absolute atomic E-state index is 13.0. The number of ether oxygens (including phenoxy) is 3. The zero-order chi connectivity index (χ0) is 27.2. The largest absolute Gasteiger partial charge is 0.490 e. The van der Waals surface area contributed by atoms with Gasteiger partial charge in [0.25, 0.3) is 5.91 Å². The average molecular weight is 616 g/mol. The molecule has 196 valence electrons. The molecule has 3 aromatic carbocycles. The first-order chi connectivity index (χ1) is 18.3. The zero-order valence-corrected chi connectivity index (χ0v) is 24.0. The van der Waals surface area contributed by atoms with Crippen LogP contribution in [0.15, 0.2) is 75.0 Å². The fraction of sp³-hybridized carbons (Fsp3) is 0.179. The number of carbonyl (C=O) groups is 2. The fourth-order valence-corrected chi connectivity index (χ4v) is 5.33. The van der Waals surface area contributed by atoms with E-state index in [1.54, 1.807) is 37.4 Å². The lowest BCUT2D eigenvalue weighted by molar-refractivity contribution is -0.121. The van der Waals surface area contributed by atoms with E-state index < -0.39 is 5.97 Å². The fourth-order valence-electron chi connectivity index (χ4n) is 3.56. The number of hydrogen-bond donors (Lipinski definition) is 0. The molecule has 1 aliphatic rings. The first kappa shape index (κ1) is 27.8. The predicted octanol–water partition coefficient (Wildman–Crippen LogP) is 7.10. The summed E-state index contributed by atoms with van der Waals surface area (Å²) in [7, 11) is 3.00. The number of thioether (sulfide) groups is 1. The lowest BCUT2D eigenvalue weighted by Gasteiger charge is -2.15. The van der Waals surface area contributed by atoms with E-state index >= 15 is 0 Å². The molecule has 7 nitrogen and oxygen atoms in total. The van der Waals surface area contributed by atoms with Gasteiger partial charge in [-0.05, 0) is 100 Å². The van der Waals surface area contributed by atoms with Crippen molar-refractivity contribution >= 4 is 68.1 Å². The van der Waals surface area contributed by atoms with Crippen molar-refractivity contribution in [3.8, 4) is 11.5 Å². The highest BCUT2D eigenvalue weighted by Gasteiger charge is 2.30. The molecule has 10 heteroatoms. The smallest absolute Gasteiger partial charge is 0.337 e. The third-order valence-electron chi connectivity index (χ3n) is 5.42. The maximum Gasteiger partial charge on any atom is 0.337 e. The van der Waals surface area contributed by atoms with Gasteiger partial charge in [0.05, 0.1) is 34.3 Å². The normalized spacial score (nSPS) is 15.3. The van der Waals surface area contributed by atoms with Gasteiger partial charge >= 0.3 is 5.97 Å². The summed E-state index contributed by atoms with van der Waals surface area (Å²) in [4.78, 5) is 31.2. The number of rotatable bonds is 8. The number of amides is 1. The van der Waals surface area contributed by atoms with Crippen LogP contribution in [0.1, 0.15) is 28.4 Å². The van der Waals surface area contributed by atoms with Gasteiger partial charge in [-0.3, -0.25) is 9.69 Å². The molecule has 0 aromatic heterocycles. The van der Waals surface area contributed by atoms with Crippen LogP contribution in [0, 0.1) is 0 Å². The highest BCUT2D eigenvalue weighted by Crippen LogP contribution is 2.40. The Morgan fingerprint density at radius 2 is 1.89 bits per heavy atom. The van der Waals surface area contributed by atoms with Gasteiger partial charge in [0.15, 0.2) is 16.7 Å². The summed E-state index contributed by atoms with van der Waals surface area (Å²) in [6, 6.07) is 17.8. The molecule has 0 spiro atoms. The molecular weight excluding hydrogens is 592 g/mol. The van der Waals surface area contributed by atoms with Crippen molar-refractivity contribution in [2.75, 3.05) is 20.8 Å². The number of benzene rings is 3. The Kier molecular flexibility index (Phi) is 9.14. The predicted molar refractivity (Wildman–Crippen MR) is 154 cm³/mol. The summed E-state index contributed by atoms with van der Waals surface area (Å²) in [5.74, 6) is 0.527. The van der Waals surface area contributed by atoms with Gasteiger partial charge in [0.1, 0.15) is 6.61 Å². The summed E-state index contributed by atoms with van der Waals surface area (Å²) in [5, 5.41) is 1.17. The third kappa shape index (κ3) is 6.59. The van der Waals surface area contributed by atoms with E-state index in [0.29, 0.717) is 55.5 Å². The maximum atomic E-state index is 13.0. The van der Waals surface area contributed by atoms with Gasteiger partial charge in [-0.2, -0.15) is 0 Å². The van der Waals surface area contributed by atoms with Crippen molar-refractivity contribution in [1.82, 2.24) is 4.90 Å². The molecule has 0 unspecified atom stereocenters. The minimum atomic E-state index is -0.421. The Morgan fingerprint density at radius 3 is 2.58 bits per heavy atom. The van der Waals surface area contributed by atoms with Gasteiger partial charge in [-0.15, -0.1) is 0 Å². The van der Waals surface area contributed by atoms with Crippen LogP contribution in [0.2, 0.25) is 5.02 Å². The molecule has 4 rings (SSSR count). The van der Waals surface area contributed by atoms with Crippen LogP contribution < -0.4 is 9.47 Å². The number of carbonyl (C=O) groups excluding carboxylic acids is 2. The van der Waals surface area contributed by atoms with Gasteiger partial charge < -0.3 is 14.2 Å². The molecule has 0 atom stereocenters. The number of aliphatic imine (C=N–C) groups is 1. The molecule has 0 N–H and O–H groups in total. The number of halogens is 2. The van der Waals surface area contributed by atoms with Crippen molar-refractivity contribution < 1.29 is 23.8 Å². The highest BCUT2D eigenvalue weighted by molar-refractivity contribution is 9.10. The molecule has 1 amide bonds. The molecule has 38 heavy (non-hydrogen) atoms. The molecule has 0 aliphatic carbocycles. The number of esters is 1. The highest BCUT2D eigenvalue weighted by atomic mass is 79.9. The van der Waals surface area contributed by atoms with E-state index in [4.69, 9.17) is 25.8 Å². The summed E-state index contributed by atoms with van der Waals surface area (Å²) < 4.78 is 17.3. The number of likely N-dealkylation sites (N-methyl/N-ethyl adjacent to an activating group) is 1. The lowest BCUT2D eigenvalue weighted by atomic mass is 10.1. The number of amidine groups is 1. The van der Waals surface area contributed by atoms with Crippen LogP contribution in [0.25, 0.3) is 6.08 Å². The van der Waals surface area contributed by atoms with E-state index in [0.717, 1.165) is 11.1 Å². The molecule has 1 heterocycles. The minimum absolute atomic E-state index is 0.171. The Hall–Kier alpha value is -3.27. The minimum Gasteiger partial charge on any atom is -0.490 e. The quantitative estimate of drug-likeness (QED) is 0.199. The van der Waals surface area contributed by atoms with Crippen LogP contribution in [0.5, 0.6) is 11.5 Å². The van der Waals surface area contributed by atoms with Crippen molar-refractivity contribution in [1.29, 1.82) is 0 Å². The van der Waals surface area contributed by atoms with Crippen molar-refractivity contribution in [3.63, 3.8) is 0 Å². The lowest BCUT2D eigenvalue weighted by Crippen LogP contribution is -2.23. The Bertz CT molecular complexity index is 1430. The van der Waals surface area contributed by atoms with E-state index in [1.165, 1.54) is 23.8 Å². The van der Waals surface area contributed by atoms with Crippen molar-refractivity contribution in [3.05, 3.63) is 91.8 Å². The van der Waals surface area contributed by atoms with E-state index in [9.17, 15) is 9.59 Å². The zero-order valence-electron chi connectivity index (χ0n) is 20.9. The number of nitrogens with zero attached hydrogens (tertiary/aromatic N) is 2. The van der Waals surface area contributed by atoms with Gasteiger partial charge in [-0.25, -0.2) is 9.79 Å². The van der Waals surface area contributed by atoms with E-state index in [-0.39, 0.29) is 5.91 Å². The standard InChI is InChI=1S/C28H24BrClN2O5S/c1-4-36-23-14-18(13-22(29)25(23)37-16-17-6-5-7-20(30)12-17)15-24-26(33)32(2)28(38-24)31-21-10-8-19(9-11-21)27(34)35-3/h5-15H,4,16H2,1-3H3/b24-15-,31-28?. The van der Waals surface area contributed by atoms with Gasteiger partial charge in [0, 0.05) is 12.1 Å². The van der Waals surface area contributed by atoms with Crippen LogP contribution in [-0.2, 0) is 16.1 Å². The van der Waals surface area contributed by atoms with Crippen LogP contribution in [0.3, 0.4) is 0 Å². The molecule has 1 fully saturated rings. The first-order valence-corrected chi connectivity index (χ1v) is 13.6. The molecule has 0 saturated carbocycles. The van der Waals surface area contributed by atoms with Crippen molar-refractivity contribution in [2.45, 2.75) is 13.5 Å². The molecule has 0 radical (unpaired) electrons. The molecule has 0 bridgehead atoms. The summed E-state index contributed by atoms with van der Waals surface area (Å²) in [5.41, 5.74) is 2.74. The first-order valence-electron chi connectivity index (χ1n) is 11.6. The average Bonchev–Trinajstić information content (AvgIpc) is 3.16. The summed E-state index contributed by atoms with van der Waals surface area (Å²) in [6.45, 7) is 2.66. The molecule has 1 aliphatic heterocycles. The second-order valence-corrected chi connectivity index (χ2v) is 10.4. The molecule has 1 saturated heterocycles. The molecule has 3 aromatic rings. The second kappa shape index (κ2) is 12.5. The van der Waals surface area contributed by atoms with Crippen LogP contribution in [0.4, 0.5) is 5.69 Å². The Labute approximate surface area is 238 Å². The number of hydrogen-bond acceptors (Lipinski definition) is 7. The SMILES string of the molecule is CCOc1cc(/C=C2\SC(=Nc3ccc(C(=O)OC)cc3)N(C)C2=O)cc(Br)c1OCc1cccc(Cl)c1. The van der Waals surface area contributed by atoms with Gasteiger partial charge in [0.2, 0.25) is 0 Å². The summed E-state index contributed by atoms with van der Waals surface area (Å²) in [6.07, 6.45) is 1.79. The van der Waals surface area contributed by atoms with Crippen LogP contribution in [-0.4, -0.2) is 42.7 Å². The Morgan fingerprint density at radius 1 is 1.13 bits per heavy atom. The monoisotopic (exact) mass is 614 g/mol. The van der Waals surface area contributed by atoms with Crippen LogP contribution >= 0.6 is 39.3 Å². The molecular formula is C28H24BrClN2O5S. The third-order valence-corrected chi connectivity index (χ3v) is 7.30. The van der Waals surface area contributed by atoms with Gasteiger partial charge in [-0.1, -0.05) is 23.7 Å². The topological polar surface area (TPSA) is 77.4 Å². The Balaban J connectivity index is 1.56. The summed E-state index contributed by atoms with van der Waals surface area (Å²) >= 11 is 10.9. The van der Waals surface area contributed by atoms with E-state index in [1.807, 2.05) is 43.3 Å². The second-order valence-electron chi connectivity index (χ2n) is 8.09. The van der Waals surface area contributed by atoms with Crippen molar-refractivity contribution in [2.24, 2.45) is 4.99 Å². The number of methoxy groups -OCH3 is 1. The van der Waals surface area contributed by atoms with E-state index in [2.05, 4.69) is 20.9 Å².